The Morgan fingerprint density at radius 2 is 1.87 bits per heavy atom. The maximum atomic E-state index is 6.13. The molecule has 1 aliphatic heterocycles. The molecule has 1 heterocycles. The van der Waals surface area contributed by atoms with Crippen LogP contribution >= 0.6 is 0 Å². The molecule has 15 heavy (non-hydrogen) atoms. The van der Waals surface area contributed by atoms with Crippen LogP contribution in [0.2, 0.25) is 0 Å². The van der Waals surface area contributed by atoms with Gasteiger partial charge in [-0.15, -0.1) is 0 Å². The molecule has 1 rings (SSSR count). The van der Waals surface area contributed by atoms with E-state index >= 15 is 0 Å². The van der Waals surface area contributed by atoms with Gasteiger partial charge in [0.05, 0.1) is 0 Å². The zero-order chi connectivity index (χ0) is 11.5. The summed E-state index contributed by atoms with van der Waals surface area (Å²) in [4.78, 5) is 2.57. The molecule has 0 aromatic carbocycles. The summed E-state index contributed by atoms with van der Waals surface area (Å²) in [7, 11) is 0. The lowest BCUT2D eigenvalue weighted by atomic mass is 9.82. The van der Waals surface area contributed by atoms with Crippen LogP contribution < -0.4 is 5.73 Å². The van der Waals surface area contributed by atoms with Gasteiger partial charge >= 0.3 is 0 Å². The van der Waals surface area contributed by atoms with Crippen molar-refractivity contribution in [2.24, 2.45) is 17.1 Å². The predicted molar refractivity (Wildman–Crippen MR) is 66.9 cm³/mol. The number of hydrogen-bond donors (Lipinski definition) is 1. The fraction of sp³-hybridized carbons (Fsp3) is 1.00. The van der Waals surface area contributed by atoms with Gasteiger partial charge in [-0.3, -0.25) is 0 Å². The van der Waals surface area contributed by atoms with E-state index in [1.807, 2.05) is 0 Å². The standard InChI is InChI=1S/C13H28N2/c1-5-13(6-2)7-8-15(10-13)9-12(14)11(3)4/h11-12H,5-10,14H2,1-4H3. The molecule has 0 amide bonds. The topological polar surface area (TPSA) is 29.3 Å². The Balaban J connectivity index is 2.42. The second-order valence-electron chi connectivity index (χ2n) is 5.60. The highest BCUT2D eigenvalue weighted by molar-refractivity contribution is 4.89. The van der Waals surface area contributed by atoms with Crippen molar-refractivity contribution < 1.29 is 0 Å². The average Bonchev–Trinajstić information content (AvgIpc) is 2.62. The van der Waals surface area contributed by atoms with Crippen LogP contribution in [0.5, 0.6) is 0 Å². The van der Waals surface area contributed by atoms with Crippen molar-refractivity contribution in [3.05, 3.63) is 0 Å². The van der Waals surface area contributed by atoms with Gasteiger partial charge in [0.1, 0.15) is 0 Å². The molecule has 0 bridgehead atoms. The molecule has 0 aromatic heterocycles. The van der Waals surface area contributed by atoms with Crippen LogP contribution in [0.3, 0.4) is 0 Å². The predicted octanol–water partition coefficient (Wildman–Crippen LogP) is 2.48. The summed E-state index contributed by atoms with van der Waals surface area (Å²) in [6.45, 7) is 12.7. The Morgan fingerprint density at radius 3 is 2.27 bits per heavy atom. The smallest absolute Gasteiger partial charge is 0.0191 e. The molecule has 2 N–H and O–H groups in total. The first kappa shape index (κ1) is 13.0. The van der Waals surface area contributed by atoms with Gasteiger partial charge in [0, 0.05) is 19.1 Å². The quantitative estimate of drug-likeness (QED) is 0.758. The number of nitrogens with zero attached hydrogens (tertiary/aromatic N) is 1. The largest absolute Gasteiger partial charge is 0.326 e. The third-order valence-electron chi connectivity index (χ3n) is 4.34. The Bertz CT molecular complexity index is 185. The van der Waals surface area contributed by atoms with Gasteiger partial charge < -0.3 is 10.6 Å². The van der Waals surface area contributed by atoms with E-state index in [2.05, 4.69) is 32.6 Å². The summed E-state index contributed by atoms with van der Waals surface area (Å²) < 4.78 is 0. The lowest BCUT2D eigenvalue weighted by Gasteiger charge is -2.28. The molecule has 0 radical (unpaired) electrons. The molecule has 0 saturated carbocycles. The molecule has 2 heteroatoms. The van der Waals surface area contributed by atoms with Gasteiger partial charge in [-0.1, -0.05) is 27.7 Å². The maximum absolute atomic E-state index is 6.13. The average molecular weight is 212 g/mol. The molecule has 0 spiro atoms. The van der Waals surface area contributed by atoms with Crippen LogP contribution in [0.15, 0.2) is 0 Å². The monoisotopic (exact) mass is 212 g/mol. The third-order valence-corrected chi connectivity index (χ3v) is 4.34. The van der Waals surface area contributed by atoms with Crippen molar-refractivity contribution in [2.75, 3.05) is 19.6 Å². The minimum atomic E-state index is 0.342. The summed E-state index contributed by atoms with van der Waals surface area (Å²) in [5.41, 5.74) is 6.72. The summed E-state index contributed by atoms with van der Waals surface area (Å²) >= 11 is 0. The van der Waals surface area contributed by atoms with Crippen LogP contribution in [0.1, 0.15) is 47.0 Å². The van der Waals surface area contributed by atoms with E-state index in [0.717, 1.165) is 6.54 Å². The van der Waals surface area contributed by atoms with E-state index in [1.165, 1.54) is 32.4 Å². The van der Waals surface area contributed by atoms with Gasteiger partial charge in [0.25, 0.3) is 0 Å². The van der Waals surface area contributed by atoms with Crippen LogP contribution in [0.25, 0.3) is 0 Å². The Kier molecular flexibility index (Phi) is 4.60. The lowest BCUT2D eigenvalue weighted by molar-refractivity contribution is 0.223. The first-order valence-electron chi connectivity index (χ1n) is 6.51. The zero-order valence-electron chi connectivity index (χ0n) is 10.9. The first-order valence-corrected chi connectivity index (χ1v) is 6.51. The highest BCUT2D eigenvalue weighted by Gasteiger charge is 2.35. The normalized spacial score (nSPS) is 23.6. The Labute approximate surface area is 95.2 Å². The fourth-order valence-electron chi connectivity index (χ4n) is 2.52. The van der Waals surface area contributed by atoms with Gasteiger partial charge in [-0.05, 0) is 37.1 Å². The maximum Gasteiger partial charge on any atom is 0.0191 e. The van der Waals surface area contributed by atoms with Crippen molar-refractivity contribution in [1.29, 1.82) is 0 Å². The molecule has 2 nitrogen and oxygen atoms in total. The molecule has 0 aromatic rings. The summed E-state index contributed by atoms with van der Waals surface area (Å²) in [6.07, 6.45) is 4.00. The van der Waals surface area contributed by atoms with Crippen molar-refractivity contribution in [1.82, 2.24) is 4.90 Å². The molecule has 1 unspecified atom stereocenters. The molecular weight excluding hydrogens is 184 g/mol. The molecule has 1 fully saturated rings. The van der Waals surface area contributed by atoms with E-state index in [1.54, 1.807) is 0 Å². The summed E-state index contributed by atoms with van der Waals surface area (Å²) in [5, 5.41) is 0. The van der Waals surface area contributed by atoms with E-state index in [0.29, 0.717) is 17.4 Å². The zero-order valence-corrected chi connectivity index (χ0v) is 10.9. The second-order valence-corrected chi connectivity index (χ2v) is 5.60. The van der Waals surface area contributed by atoms with Gasteiger partial charge in [-0.25, -0.2) is 0 Å². The van der Waals surface area contributed by atoms with Crippen molar-refractivity contribution in [3.63, 3.8) is 0 Å². The van der Waals surface area contributed by atoms with Crippen LogP contribution in [-0.4, -0.2) is 30.6 Å². The molecule has 90 valence electrons. The molecule has 0 aliphatic carbocycles. The SMILES string of the molecule is CCC1(CC)CCN(CC(N)C(C)C)C1. The lowest BCUT2D eigenvalue weighted by Crippen LogP contribution is -2.40. The molecule has 1 saturated heterocycles. The minimum Gasteiger partial charge on any atom is -0.326 e. The molecular formula is C13H28N2. The van der Waals surface area contributed by atoms with Crippen LogP contribution in [-0.2, 0) is 0 Å². The van der Waals surface area contributed by atoms with E-state index in [4.69, 9.17) is 5.73 Å². The fourth-order valence-corrected chi connectivity index (χ4v) is 2.52. The van der Waals surface area contributed by atoms with Crippen molar-refractivity contribution in [3.8, 4) is 0 Å². The highest BCUT2D eigenvalue weighted by atomic mass is 15.2. The summed E-state index contributed by atoms with van der Waals surface area (Å²) in [5.74, 6) is 0.600. The Hall–Kier alpha value is -0.0800. The third kappa shape index (κ3) is 3.18. The highest BCUT2D eigenvalue weighted by Crippen LogP contribution is 2.36. The van der Waals surface area contributed by atoms with Crippen molar-refractivity contribution in [2.45, 2.75) is 53.0 Å². The Morgan fingerprint density at radius 1 is 1.27 bits per heavy atom. The first-order chi connectivity index (χ1) is 7.03. The van der Waals surface area contributed by atoms with Crippen molar-refractivity contribution >= 4 is 0 Å². The van der Waals surface area contributed by atoms with E-state index in [9.17, 15) is 0 Å². The van der Waals surface area contributed by atoms with Gasteiger partial charge in [0.2, 0.25) is 0 Å². The minimum absolute atomic E-state index is 0.342. The second kappa shape index (κ2) is 5.31. The van der Waals surface area contributed by atoms with E-state index < -0.39 is 0 Å². The van der Waals surface area contributed by atoms with Gasteiger partial charge in [-0.2, -0.15) is 0 Å². The van der Waals surface area contributed by atoms with E-state index in [-0.39, 0.29) is 0 Å². The number of rotatable bonds is 5. The summed E-state index contributed by atoms with van der Waals surface area (Å²) in [6, 6.07) is 0.342. The number of likely N-dealkylation sites (tertiary alicyclic amines) is 1. The van der Waals surface area contributed by atoms with Crippen LogP contribution in [0, 0.1) is 11.3 Å². The number of nitrogens with two attached hydrogens (primary N) is 1. The molecule has 1 atom stereocenters. The van der Waals surface area contributed by atoms with Gasteiger partial charge in [0.15, 0.2) is 0 Å². The van der Waals surface area contributed by atoms with Crippen LogP contribution in [0.4, 0.5) is 0 Å². The number of hydrogen-bond acceptors (Lipinski definition) is 2. The molecule has 1 aliphatic rings.